The van der Waals surface area contributed by atoms with Crippen molar-refractivity contribution in [3.8, 4) is 11.5 Å². The van der Waals surface area contributed by atoms with Crippen LogP contribution >= 0.6 is 15.9 Å². The zero-order valence-electron chi connectivity index (χ0n) is 13.8. The molecule has 3 N–H and O–H groups in total. The lowest BCUT2D eigenvalue weighted by Crippen LogP contribution is -2.20. The fourth-order valence-electron chi connectivity index (χ4n) is 2.22. The SMILES string of the molecule is COc1cc(CNCc2ccc(C)cc2)cc(Br)c1OCC(N)=O. The molecule has 0 aliphatic rings. The standard InChI is InChI=1S/C18H21BrN2O3/c1-12-3-5-13(6-4-12)9-21-10-14-7-15(19)18(16(8-14)23-2)24-11-17(20)22/h3-8,21H,9-11H2,1-2H3,(H2,20,22). The number of carbonyl (C=O) groups excluding carboxylic acids is 1. The first kappa shape index (κ1) is 18.3. The summed E-state index contributed by atoms with van der Waals surface area (Å²) in [6.07, 6.45) is 0. The largest absolute Gasteiger partial charge is 0.493 e. The van der Waals surface area contributed by atoms with Crippen molar-refractivity contribution in [2.75, 3.05) is 13.7 Å². The molecule has 24 heavy (non-hydrogen) atoms. The van der Waals surface area contributed by atoms with Gasteiger partial charge in [-0.25, -0.2) is 0 Å². The average Bonchev–Trinajstić information content (AvgIpc) is 2.55. The van der Waals surface area contributed by atoms with Crippen LogP contribution in [0.1, 0.15) is 16.7 Å². The van der Waals surface area contributed by atoms with Gasteiger partial charge in [0.15, 0.2) is 18.1 Å². The third-order valence-electron chi connectivity index (χ3n) is 3.43. The highest BCUT2D eigenvalue weighted by Crippen LogP contribution is 2.36. The average molecular weight is 393 g/mol. The molecule has 6 heteroatoms. The van der Waals surface area contributed by atoms with Gasteiger partial charge >= 0.3 is 0 Å². The maximum atomic E-state index is 10.9. The van der Waals surface area contributed by atoms with Gasteiger partial charge in [-0.2, -0.15) is 0 Å². The first-order chi connectivity index (χ1) is 11.5. The van der Waals surface area contributed by atoms with E-state index in [1.165, 1.54) is 11.1 Å². The van der Waals surface area contributed by atoms with Crippen LogP contribution in [0.2, 0.25) is 0 Å². The van der Waals surface area contributed by atoms with Crippen LogP contribution in [0.3, 0.4) is 0 Å². The van der Waals surface area contributed by atoms with E-state index >= 15 is 0 Å². The fraction of sp³-hybridized carbons (Fsp3) is 0.278. The highest BCUT2D eigenvalue weighted by atomic mass is 79.9. The Morgan fingerprint density at radius 3 is 2.46 bits per heavy atom. The quantitative estimate of drug-likeness (QED) is 0.724. The van der Waals surface area contributed by atoms with Gasteiger partial charge in [-0.05, 0) is 46.1 Å². The number of carbonyl (C=O) groups is 1. The second-order valence-electron chi connectivity index (χ2n) is 5.45. The first-order valence-electron chi connectivity index (χ1n) is 7.53. The molecule has 0 saturated heterocycles. The predicted octanol–water partition coefficient (Wildman–Crippen LogP) is 2.92. The van der Waals surface area contributed by atoms with Crippen molar-refractivity contribution < 1.29 is 14.3 Å². The van der Waals surface area contributed by atoms with Gasteiger partial charge in [0.25, 0.3) is 5.91 Å². The van der Waals surface area contributed by atoms with Crippen molar-refractivity contribution >= 4 is 21.8 Å². The van der Waals surface area contributed by atoms with E-state index in [2.05, 4.69) is 52.4 Å². The lowest BCUT2D eigenvalue weighted by molar-refractivity contribution is -0.119. The van der Waals surface area contributed by atoms with Gasteiger partial charge in [0.1, 0.15) is 0 Å². The van der Waals surface area contributed by atoms with Gasteiger partial charge in [0.2, 0.25) is 0 Å². The molecular weight excluding hydrogens is 372 g/mol. The number of nitrogens with two attached hydrogens (primary N) is 1. The van der Waals surface area contributed by atoms with Crippen LogP contribution in [0.25, 0.3) is 0 Å². The smallest absolute Gasteiger partial charge is 0.255 e. The van der Waals surface area contributed by atoms with Crippen LogP contribution < -0.4 is 20.5 Å². The van der Waals surface area contributed by atoms with Gasteiger partial charge in [-0.1, -0.05) is 29.8 Å². The third kappa shape index (κ3) is 5.25. The molecule has 0 fully saturated rings. The molecule has 128 valence electrons. The van der Waals surface area contributed by atoms with Gasteiger partial charge < -0.3 is 20.5 Å². The Morgan fingerprint density at radius 2 is 1.83 bits per heavy atom. The molecule has 0 unspecified atom stereocenters. The van der Waals surface area contributed by atoms with Crippen molar-refractivity contribution in [1.29, 1.82) is 0 Å². The molecule has 0 heterocycles. The Hall–Kier alpha value is -2.05. The summed E-state index contributed by atoms with van der Waals surface area (Å²) in [6, 6.07) is 12.2. The molecular formula is C18H21BrN2O3. The van der Waals surface area contributed by atoms with Crippen molar-refractivity contribution in [3.05, 3.63) is 57.6 Å². The summed E-state index contributed by atoms with van der Waals surface area (Å²) in [5.41, 5.74) is 8.63. The minimum Gasteiger partial charge on any atom is -0.493 e. The van der Waals surface area contributed by atoms with Crippen molar-refractivity contribution in [2.45, 2.75) is 20.0 Å². The lowest BCUT2D eigenvalue weighted by Gasteiger charge is -2.14. The van der Waals surface area contributed by atoms with E-state index in [4.69, 9.17) is 15.2 Å². The number of hydrogen-bond acceptors (Lipinski definition) is 4. The molecule has 0 spiro atoms. The summed E-state index contributed by atoms with van der Waals surface area (Å²) in [7, 11) is 1.56. The van der Waals surface area contributed by atoms with Crippen molar-refractivity contribution in [2.24, 2.45) is 5.73 Å². The van der Waals surface area contributed by atoms with Crippen molar-refractivity contribution in [3.63, 3.8) is 0 Å². The number of hydrogen-bond donors (Lipinski definition) is 2. The third-order valence-corrected chi connectivity index (χ3v) is 4.02. The van der Waals surface area contributed by atoms with Gasteiger partial charge in [-0.3, -0.25) is 4.79 Å². The maximum Gasteiger partial charge on any atom is 0.255 e. The molecule has 2 aromatic rings. The van der Waals surface area contributed by atoms with E-state index in [1.807, 2.05) is 12.1 Å². The molecule has 0 aromatic heterocycles. The number of aryl methyl sites for hydroxylation is 1. The number of halogens is 1. The number of amides is 1. The molecule has 0 radical (unpaired) electrons. The number of ether oxygens (including phenoxy) is 2. The zero-order valence-corrected chi connectivity index (χ0v) is 15.4. The maximum absolute atomic E-state index is 10.9. The summed E-state index contributed by atoms with van der Waals surface area (Å²) < 4.78 is 11.5. The fourth-order valence-corrected chi connectivity index (χ4v) is 2.82. The van der Waals surface area contributed by atoms with E-state index in [-0.39, 0.29) is 6.61 Å². The molecule has 0 aliphatic heterocycles. The van der Waals surface area contributed by atoms with E-state index in [9.17, 15) is 4.79 Å². The number of nitrogens with one attached hydrogen (secondary N) is 1. The number of primary amides is 1. The molecule has 0 atom stereocenters. The highest BCUT2D eigenvalue weighted by Gasteiger charge is 2.12. The molecule has 2 aromatic carbocycles. The zero-order chi connectivity index (χ0) is 17.5. The second kappa shape index (κ2) is 8.70. The summed E-state index contributed by atoms with van der Waals surface area (Å²) in [4.78, 5) is 10.9. The summed E-state index contributed by atoms with van der Waals surface area (Å²) in [5.74, 6) is 0.490. The Bertz CT molecular complexity index is 702. The first-order valence-corrected chi connectivity index (χ1v) is 8.32. The molecule has 5 nitrogen and oxygen atoms in total. The minimum absolute atomic E-state index is 0.194. The molecule has 1 amide bonds. The van der Waals surface area contributed by atoms with E-state index in [1.54, 1.807) is 7.11 Å². The van der Waals surface area contributed by atoms with Gasteiger partial charge in [-0.15, -0.1) is 0 Å². The van der Waals surface area contributed by atoms with E-state index < -0.39 is 5.91 Å². The molecule has 0 aliphatic carbocycles. The molecule has 0 bridgehead atoms. The summed E-state index contributed by atoms with van der Waals surface area (Å²) in [6.45, 7) is 3.34. The van der Waals surface area contributed by atoms with Crippen LogP contribution in [0.15, 0.2) is 40.9 Å². The van der Waals surface area contributed by atoms with Crippen LogP contribution in [0.4, 0.5) is 0 Å². The normalized spacial score (nSPS) is 10.5. The van der Waals surface area contributed by atoms with Crippen molar-refractivity contribution in [1.82, 2.24) is 5.32 Å². The van der Waals surface area contributed by atoms with Crippen LogP contribution in [0, 0.1) is 6.92 Å². The van der Waals surface area contributed by atoms with Crippen LogP contribution in [0.5, 0.6) is 11.5 Å². The number of benzene rings is 2. The number of rotatable bonds is 8. The second-order valence-corrected chi connectivity index (χ2v) is 6.31. The van der Waals surface area contributed by atoms with E-state index in [0.29, 0.717) is 18.0 Å². The van der Waals surface area contributed by atoms with Gasteiger partial charge in [0, 0.05) is 13.1 Å². The Morgan fingerprint density at radius 1 is 1.17 bits per heavy atom. The van der Waals surface area contributed by atoms with Crippen LogP contribution in [-0.4, -0.2) is 19.6 Å². The predicted molar refractivity (Wildman–Crippen MR) is 97.1 cm³/mol. The van der Waals surface area contributed by atoms with Crippen LogP contribution in [-0.2, 0) is 17.9 Å². The summed E-state index contributed by atoms with van der Waals surface area (Å²) in [5, 5.41) is 3.39. The molecule has 2 rings (SSSR count). The number of methoxy groups -OCH3 is 1. The highest BCUT2D eigenvalue weighted by molar-refractivity contribution is 9.10. The molecule has 0 saturated carbocycles. The Balaban J connectivity index is 2.01. The summed E-state index contributed by atoms with van der Waals surface area (Å²) >= 11 is 3.45. The monoisotopic (exact) mass is 392 g/mol. The lowest BCUT2D eigenvalue weighted by atomic mass is 10.1. The van der Waals surface area contributed by atoms with E-state index in [0.717, 1.165) is 16.6 Å². The Kier molecular flexibility index (Phi) is 6.63. The minimum atomic E-state index is -0.534. The van der Waals surface area contributed by atoms with Gasteiger partial charge in [0.05, 0.1) is 11.6 Å². The topological polar surface area (TPSA) is 73.6 Å². The Labute approximate surface area is 150 Å².